The highest BCUT2D eigenvalue weighted by Crippen LogP contribution is 2.33. The summed E-state index contributed by atoms with van der Waals surface area (Å²) >= 11 is 0. The van der Waals surface area contributed by atoms with Crippen LogP contribution in [-0.2, 0) is 6.18 Å². The minimum absolute atomic E-state index is 0.240. The van der Waals surface area contributed by atoms with Gasteiger partial charge in [-0.25, -0.2) is 4.98 Å². The number of carbonyl (C=O) groups excluding carboxylic acids is 1. The first kappa shape index (κ1) is 20.9. The highest BCUT2D eigenvalue weighted by atomic mass is 19.4. The van der Waals surface area contributed by atoms with Crippen molar-refractivity contribution in [3.05, 3.63) is 52.6 Å². The lowest BCUT2D eigenvalue weighted by molar-refractivity contribution is -0.141. The lowest BCUT2D eigenvalue weighted by Crippen LogP contribution is -2.39. The molecule has 6 N–H and O–H groups in total. The summed E-state index contributed by atoms with van der Waals surface area (Å²) in [7, 11) is 0. The molecule has 0 aliphatic heterocycles. The molecule has 2 atom stereocenters. The van der Waals surface area contributed by atoms with Crippen LogP contribution in [0.25, 0.3) is 0 Å². The van der Waals surface area contributed by atoms with Gasteiger partial charge < -0.3 is 21.9 Å². The topological polar surface area (TPSA) is 114 Å². The van der Waals surface area contributed by atoms with E-state index in [9.17, 15) is 23.1 Å². The number of allylic oxidation sites excluding steroid dienone is 1. The summed E-state index contributed by atoms with van der Waals surface area (Å²) in [5.74, 6) is -1.09. The zero-order valence-electron chi connectivity index (χ0n) is 15.3. The standard InChI is InChI=1S/C18H23F3N4O2/c1-9(22)10-7-14(11(8-12(10)23)17(2,3)27)25-16(26)13-5-4-6-15(24-13)18(19,20)21/h4-6,8-10,27H,7,22-23H2,1-3H3,(H,25,26). The van der Waals surface area contributed by atoms with Crippen molar-refractivity contribution in [3.63, 3.8) is 0 Å². The molecule has 1 aliphatic rings. The Morgan fingerprint density at radius 3 is 2.52 bits per heavy atom. The third kappa shape index (κ3) is 4.86. The van der Waals surface area contributed by atoms with Crippen LogP contribution in [0.15, 0.2) is 41.2 Å². The summed E-state index contributed by atoms with van der Waals surface area (Å²) in [4.78, 5) is 15.9. The monoisotopic (exact) mass is 384 g/mol. The number of nitrogens with zero attached hydrogens (tertiary/aromatic N) is 1. The van der Waals surface area contributed by atoms with Crippen molar-refractivity contribution in [1.82, 2.24) is 10.3 Å². The largest absolute Gasteiger partial charge is 0.433 e. The summed E-state index contributed by atoms with van der Waals surface area (Å²) in [5.41, 5.74) is 10.3. The van der Waals surface area contributed by atoms with Crippen molar-refractivity contribution < 1.29 is 23.1 Å². The molecule has 1 heterocycles. The highest BCUT2D eigenvalue weighted by Gasteiger charge is 2.34. The van der Waals surface area contributed by atoms with Gasteiger partial charge in [0.05, 0.1) is 5.60 Å². The molecule has 0 fully saturated rings. The van der Waals surface area contributed by atoms with E-state index in [0.29, 0.717) is 17.0 Å². The number of pyridine rings is 1. The van der Waals surface area contributed by atoms with Crippen LogP contribution in [-0.4, -0.2) is 27.6 Å². The maximum Gasteiger partial charge on any atom is 0.433 e. The number of carbonyl (C=O) groups is 1. The molecule has 0 aromatic carbocycles. The Balaban J connectivity index is 2.38. The average molecular weight is 384 g/mol. The molecule has 0 saturated heterocycles. The molecule has 1 aliphatic carbocycles. The number of amides is 1. The average Bonchev–Trinajstić information content (AvgIpc) is 2.54. The molecule has 0 saturated carbocycles. The Morgan fingerprint density at radius 2 is 2.00 bits per heavy atom. The number of nitrogens with one attached hydrogen (secondary N) is 1. The second kappa shape index (κ2) is 7.32. The summed E-state index contributed by atoms with van der Waals surface area (Å²) in [5, 5.41) is 13.0. The number of alkyl halides is 3. The van der Waals surface area contributed by atoms with Gasteiger partial charge >= 0.3 is 6.18 Å². The minimum atomic E-state index is -4.66. The SMILES string of the molecule is CC(N)C1CC(NC(=O)c2cccc(C(F)(F)F)n2)=C(C(C)(C)O)C=C1N. The number of rotatable bonds is 4. The molecule has 148 valence electrons. The first-order chi connectivity index (χ1) is 12.3. The third-order valence-corrected chi connectivity index (χ3v) is 4.32. The van der Waals surface area contributed by atoms with Crippen LogP contribution in [0.1, 0.15) is 43.4 Å². The second-order valence-corrected chi connectivity index (χ2v) is 7.13. The van der Waals surface area contributed by atoms with Crippen molar-refractivity contribution in [3.8, 4) is 0 Å². The van der Waals surface area contributed by atoms with Crippen molar-refractivity contribution in [2.75, 3.05) is 0 Å². The molecular formula is C18H23F3N4O2. The molecule has 0 spiro atoms. The maximum absolute atomic E-state index is 12.8. The van der Waals surface area contributed by atoms with E-state index in [4.69, 9.17) is 11.5 Å². The van der Waals surface area contributed by atoms with Crippen LogP contribution in [0.3, 0.4) is 0 Å². The fraction of sp³-hybridized carbons (Fsp3) is 0.444. The minimum Gasteiger partial charge on any atom is -0.402 e. The van der Waals surface area contributed by atoms with E-state index < -0.39 is 23.4 Å². The van der Waals surface area contributed by atoms with E-state index in [1.807, 2.05) is 0 Å². The Labute approximate surface area is 155 Å². The molecule has 1 amide bonds. The molecule has 1 aromatic rings. The quantitative estimate of drug-likeness (QED) is 0.635. The number of aliphatic hydroxyl groups is 1. The smallest absolute Gasteiger partial charge is 0.402 e. The van der Waals surface area contributed by atoms with E-state index in [-0.39, 0.29) is 24.1 Å². The van der Waals surface area contributed by atoms with Crippen molar-refractivity contribution in [1.29, 1.82) is 0 Å². The number of aromatic nitrogens is 1. The van der Waals surface area contributed by atoms with Gasteiger partial charge in [-0.15, -0.1) is 0 Å². The van der Waals surface area contributed by atoms with Gasteiger partial charge in [-0.1, -0.05) is 6.07 Å². The third-order valence-electron chi connectivity index (χ3n) is 4.32. The molecule has 1 aromatic heterocycles. The first-order valence-corrected chi connectivity index (χ1v) is 8.35. The predicted molar refractivity (Wildman–Crippen MR) is 94.1 cm³/mol. The van der Waals surface area contributed by atoms with Gasteiger partial charge in [-0.3, -0.25) is 4.79 Å². The molecular weight excluding hydrogens is 361 g/mol. The predicted octanol–water partition coefficient (Wildman–Crippen LogP) is 2.06. The van der Waals surface area contributed by atoms with E-state index in [2.05, 4.69) is 10.3 Å². The number of hydrogen-bond acceptors (Lipinski definition) is 5. The Morgan fingerprint density at radius 1 is 1.37 bits per heavy atom. The Bertz CT molecular complexity index is 793. The zero-order chi connectivity index (χ0) is 20.6. The van der Waals surface area contributed by atoms with Crippen LogP contribution in [0.5, 0.6) is 0 Å². The van der Waals surface area contributed by atoms with E-state index >= 15 is 0 Å². The molecule has 2 unspecified atom stereocenters. The van der Waals surface area contributed by atoms with Gasteiger partial charge in [-0.05, 0) is 45.4 Å². The van der Waals surface area contributed by atoms with Gasteiger partial charge in [0, 0.05) is 28.9 Å². The fourth-order valence-corrected chi connectivity index (χ4v) is 2.88. The van der Waals surface area contributed by atoms with Crippen molar-refractivity contribution in [2.24, 2.45) is 17.4 Å². The van der Waals surface area contributed by atoms with Gasteiger partial charge in [0.15, 0.2) is 0 Å². The highest BCUT2D eigenvalue weighted by molar-refractivity contribution is 5.93. The zero-order valence-corrected chi connectivity index (χ0v) is 15.3. The van der Waals surface area contributed by atoms with E-state index in [1.54, 1.807) is 13.0 Å². The Kier molecular flexibility index (Phi) is 5.67. The molecule has 9 heteroatoms. The maximum atomic E-state index is 12.8. The van der Waals surface area contributed by atoms with Gasteiger partial charge in [0.25, 0.3) is 5.91 Å². The normalized spacial score (nSPS) is 19.6. The number of nitrogens with two attached hydrogens (primary N) is 2. The summed E-state index contributed by atoms with van der Waals surface area (Å²) < 4.78 is 38.5. The molecule has 6 nitrogen and oxygen atoms in total. The lowest BCUT2D eigenvalue weighted by atomic mass is 9.81. The summed E-state index contributed by atoms with van der Waals surface area (Å²) in [6.45, 7) is 4.80. The first-order valence-electron chi connectivity index (χ1n) is 8.35. The van der Waals surface area contributed by atoms with E-state index in [1.165, 1.54) is 19.9 Å². The summed E-state index contributed by atoms with van der Waals surface area (Å²) in [6.07, 6.45) is -2.87. The van der Waals surface area contributed by atoms with Gasteiger partial charge in [0.1, 0.15) is 11.4 Å². The fourth-order valence-electron chi connectivity index (χ4n) is 2.88. The second-order valence-electron chi connectivity index (χ2n) is 7.13. The van der Waals surface area contributed by atoms with Crippen LogP contribution in [0.4, 0.5) is 13.2 Å². The van der Waals surface area contributed by atoms with E-state index in [0.717, 1.165) is 12.1 Å². The molecule has 27 heavy (non-hydrogen) atoms. The van der Waals surface area contributed by atoms with Crippen molar-refractivity contribution >= 4 is 5.91 Å². The Hall–Kier alpha value is -2.39. The van der Waals surface area contributed by atoms with Crippen LogP contribution in [0.2, 0.25) is 0 Å². The molecule has 2 rings (SSSR count). The van der Waals surface area contributed by atoms with Crippen LogP contribution >= 0.6 is 0 Å². The van der Waals surface area contributed by atoms with Crippen LogP contribution < -0.4 is 16.8 Å². The number of halogens is 3. The number of hydrogen-bond donors (Lipinski definition) is 4. The van der Waals surface area contributed by atoms with Crippen LogP contribution in [0, 0.1) is 5.92 Å². The van der Waals surface area contributed by atoms with Gasteiger partial charge in [-0.2, -0.15) is 13.2 Å². The van der Waals surface area contributed by atoms with Gasteiger partial charge in [0.2, 0.25) is 0 Å². The molecule has 0 radical (unpaired) electrons. The summed E-state index contributed by atoms with van der Waals surface area (Å²) in [6, 6.07) is 2.77. The lowest BCUT2D eigenvalue weighted by Gasteiger charge is -2.33. The van der Waals surface area contributed by atoms with Crippen molar-refractivity contribution in [2.45, 2.75) is 45.0 Å². The molecule has 0 bridgehead atoms.